The van der Waals surface area contributed by atoms with E-state index in [1.807, 2.05) is 0 Å². The van der Waals surface area contributed by atoms with Crippen LogP contribution < -0.4 is 0 Å². The number of imide groups is 1. The molecule has 2 fully saturated rings. The van der Waals surface area contributed by atoms with Gasteiger partial charge in [-0.1, -0.05) is 26.2 Å². The third-order valence-corrected chi connectivity index (χ3v) is 5.27. The van der Waals surface area contributed by atoms with Crippen molar-refractivity contribution in [3.05, 3.63) is 0 Å². The van der Waals surface area contributed by atoms with Crippen molar-refractivity contribution in [1.29, 1.82) is 0 Å². The molecule has 5 nitrogen and oxygen atoms in total. The molecule has 112 valence electrons. The predicted molar refractivity (Wildman–Crippen MR) is 76.4 cm³/mol. The Bertz CT molecular complexity index is 406. The molecule has 1 aliphatic heterocycles. The number of rotatable bonds is 5. The van der Waals surface area contributed by atoms with Gasteiger partial charge < -0.3 is 5.11 Å². The van der Waals surface area contributed by atoms with Gasteiger partial charge in [0.25, 0.3) is 0 Å². The molecule has 1 N–H and O–H groups in total. The Balaban J connectivity index is 1.95. The zero-order valence-electron chi connectivity index (χ0n) is 11.7. The molecule has 0 aromatic rings. The van der Waals surface area contributed by atoms with Gasteiger partial charge in [-0.25, -0.2) is 0 Å². The molecule has 0 bridgehead atoms. The second kappa shape index (κ2) is 6.61. The zero-order chi connectivity index (χ0) is 14.7. The summed E-state index contributed by atoms with van der Waals surface area (Å²) < 4.78 is 0. The number of thioether (sulfide) groups is 1. The second-order valence-corrected chi connectivity index (χ2v) is 7.28. The molecule has 1 saturated carbocycles. The van der Waals surface area contributed by atoms with E-state index in [0.29, 0.717) is 0 Å². The molecule has 0 aromatic heterocycles. The first-order chi connectivity index (χ1) is 9.49. The molecule has 2 rings (SSSR count). The van der Waals surface area contributed by atoms with Crippen molar-refractivity contribution in [2.45, 2.75) is 68.4 Å². The van der Waals surface area contributed by atoms with Crippen LogP contribution in [-0.4, -0.2) is 44.3 Å². The van der Waals surface area contributed by atoms with E-state index in [0.717, 1.165) is 25.7 Å². The molecule has 2 aliphatic rings. The zero-order valence-corrected chi connectivity index (χ0v) is 12.5. The standard InChI is InChI=1S/C14H21NO4S/c1-9(7-13(17)18)20-11-8-12(16)15(14(11)19)10-5-3-2-4-6-10/h9-11H,2-8H2,1H3,(H,17,18). The van der Waals surface area contributed by atoms with Crippen LogP contribution in [0, 0.1) is 0 Å². The minimum Gasteiger partial charge on any atom is -0.481 e. The highest BCUT2D eigenvalue weighted by Crippen LogP contribution is 2.34. The lowest BCUT2D eigenvalue weighted by molar-refractivity contribution is -0.142. The summed E-state index contributed by atoms with van der Waals surface area (Å²) in [7, 11) is 0. The fourth-order valence-corrected chi connectivity index (χ4v) is 4.29. The van der Waals surface area contributed by atoms with Gasteiger partial charge in [0.2, 0.25) is 11.8 Å². The lowest BCUT2D eigenvalue weighted by Crippen LogP contribution is -2.41. The monoisotopic (exact) mass is 299 g/mol. The van der Waals surface area contributed by atoms with Crippen LogP contribution in [0.3, 0.4) is 0 Å². The quantitative estimate of drug-likeness (QED) is 0.786. The summed E-state index contributed by atoms with van der Waals surface area (Å²) in [6.45, 7) is 1.79. The van der Waals surface area contributed by atoms with Crippen molar-refractivity contribution in [2.75, 3.05) is 0 Å². The van der Waals surface area contributed by atoms with E-state index in [1.54, 1.807) is 6.92 Å². The van der Waals surface area contributed by atoms with E-state index in [1.165, 1.54) is 23.1 Å². The summed E-state index contributed by atoms with van der Waals surface area (Å²) in [5, 5.41) is 8.21. The Morgan fingerprint density at radius 2 is 2.00 bits per heavy atom. The molecular formula is C14H21NO4S. The van der Waals surface area contributed by atoms with Crippen molar-refractivity contribution in [2.24, 2.45) is 0 Å². The average molecular weight is 299 g/mol. The summed E-state index contributed by atoms with van der Waals surface area (Å²) in [5.41, 5.74) is 0. The number of likely N-dealkylation sites (tertiary alicyclic amines) is 1. The fourth-order valence-electron chi connectivity index (χ4n) is 3.03. The fraction of sp³-hybridized carbons (Fsp3) is 0.786. The SMILES string of the molecule is CC(CC(=O)O)SC1CC(=O)N(C2CCCCC2)C1=O. The van der Waals surface area contributed by atoms with Crippen LogP contribution in [0.2, 0.25) is 0 Å². The largest absolute Gasteiger partial charge is 0.481 e. The maximum atomic E-state index is 12.4. The number of carboxylic acids is 1. The van der Waals surface area contributed by atoms with Crippen LogP contribution >= 0.6 is 11.8 Å². The van der Waals surface area contributed by atoms with Gasteiger partial charge >= 0.3 is 5.97 Å². The number of carboxylic acid groups (broad SMARTS) is 1. The van der Waals surface area contributed by atoms with Crippen LogP contribution in [0.4, 0.5) is 0 Å². The van der Waals surface area contributed by atoms with Crippen molar-refractivity contribution < 1.29 is 19.5 Å². The average Bonchev–Trinajstić information content (AvgIpc) is 2.64. The van der Waals surface area contributed by atoms with E-state index in [2.05, 4.69) is 0 Å². The molecule has 2 unspecified atom stereocenters. The van der Waals surface area contributed by atoms with Gasteiger partial charge in [0, 0.05) is 17.7 Å². The second-order valence-electron chi connectivity index (χ2n) is 5.63. The number of amides is 2. The molecule has 2 atom stereocenters. The van der Waals surface area contributed by atoms with E-state index in [-0.39, 0.29) is 35.9 Å². The lowest BCUT2D eigenvalue weighted by Gasteiger charge is -2.29. The Morgan fingerprint density at radius 3 is 2.60 bits per heavy atom. The van der Waals surface area contributed by atoms with Gasteiger partial charge in [-0.05, 0) is 12.8 Å². The van der Waals surface area contributed by atoms with Gasteiger partial charge in [-0.15, -0.1) is 11.8 Å². The van der Waals surface area contributed by atoms with Crippen molar-refractivity contribution >= 4 is 29.5 Å². The molecule has 2 amide bonds. The summed E-state index contributed by atoms with van der Waals surface area (Å²) in [6.07, 6.45) is 5.42. The van der Waals surface area contributed by atoms with Crippen LogP contribution in [0.25, 0.3) is 0 Å². The summed E-state index contributed by atoms with van der Waals surface area (Å²) >= 11 is 1.32. The predicted octanol–water partition coefficient (Wildman–Crippen LogP) is 2.04. The molecule has 0 spiro atoms. The third kappa shape index (κ3) is 3.53. The first-order valence-electron chi connectivity index (χ1n) is 7.22. The minimum absolute atomic E-state index is 0.0199. The number of nitrogens with zero attached hydrogens (tertiary/aromatic N) is 1. The molecule has 6 heteroatoms. The van der Waals surface area contributed by atoms with Gasteiger partial charge in [0.15, 0.2) is 0 Å². The lowest BCUT2D eigenvalue weighted by atomic mass is 9.94. The van der Waals surface area contributed by atoms with Gasteiger partial charge in [-0.2, -0.15) is 0 Å². The normalized spacial score (nSPS) is 26.1. The van der Waals surface area contributed by atoms with Crippen LogP contribution in [-0.2, 0) is 14.4 Å². The number of aliphatic carboxylic acids is 1. The third-order valence-electron chi connectivity index (χ3n) is 3.94. The maximum Gasteiger partial charge on any atom is 0.304 e. The van der Waals surface area contributed by atoms with Gasteiger partial charge in [-0.3, -0.25) is 19.3 Å². The topological polar surface area (TPSA) is 74.7 Å². The summed E-state index contributed by atoms with van der Waals surface area (Å²) in [5.74, 6) is -1.06. The molecule has 1 saturated heterocycles. The first-order valence-corrected chi connectivity index (χ1v) is 8.16. The van der Waals surface area contributed by atoms with Crippen LogP contribution in [0.15, 0.2) is 0 Å². The van der Waals surface area contributed by atoms with Crippen molar-refractivity contribution in [3.8, 4) is 0 Å². The van der Waals surface area contributed by atoms with E-state index < -0.39 is 11.2 Å². The van der Waals surface area contributed by atoms with Crippen LogP contribution in [0.5, 0.6) is 0 Å². The molecule has 0 radical (unpaired) electrons. The minimum atomic E-state index is -0.870. The number of hydrogen-bond acceptors (Lipinski definition) is 4. The highest BCUT2D eigenvalue weighted by molar-refractivity contribution is 8.01. The van der Waals surface area contributed by atoms with Gasteiger partial charge in [0.05, 0.1) is 11.7 Å². The molecule has 20 heavy (non-hydrogen) atoms. The Kier molecular flexibility index (Phi) is 5.07. The van der Waals surface area contributed by atoms with Gasteiger partial charge in [0.1, 0.15) is 0 Å². The Hall–Kier alpha value is -1.04. The highest BCUT2D eigenvalue weighted by Gasteiger charge is 2.43. The maximum absolute atomic E-state index is 12.4. The summed E-state index contributed by atoms with van der Waals surface area (Å²) in [6, 6.07) is 0.0733. The number of carbonyl (C=O) groups excluding carboxylic acids is 2. The number of carbonyl (C=O) groups is 3. The first kappa shape index (κ1) is 15.4. The summed E-state index contributed by atoms with van der Waals surface area (Å²) in [4.78, 5) is 36.6. The van der Waals surface area contributed by atoms with E-state index in [9.17, 15) is 14.4 Å². The van der Waals surface area contributed by atoms with Crippen molar-refractivity contribution in [3.63, 3.8) is 0 Å². The molecule has 1 aliphatic carbocycles. The van der Waals surface area contributed by atoms with Crippen molar-refractivity contribution in [1.82, 2.24) is 4.90 Å². The molecule has 0 aromatic carbocycles. The smallest absolute Gasteiger partial charge is 0.304 e. The highest BCUT2D eigenvalue weighted by atomic mass is 32.2. The molecule has 1 heterocycles. The molecular weight excluding hydrogens is 278 g/mol. The Labute approximate surface area is 123 Å². The van der Waals surface area contributed by atoms with E-state index in [4.69, 9.17) is 5.11 Å². The number of hydrogen-bond donors (Lipinski definition) is 1. The van der Waals surface area contributed by atoms with Crippen LogP contribution in [0.1, 0.15) is 51.9 Å². The Morgan fingerprint density at radius 1 is 1.35 bits per heavy atom. The van der Waals surface area contributed by atoms with E-state index >= 15 is 0 Å².